The fourth-order valence-corrected chi connectivity index (χ4v) is 4.38. The number of benzene rings is 1. The van der Waals surface area contributed by atoms with Crippen LogP contribution in [0.4, 0.5) is 13.2 Å². The van der Waals surface area contributed by atoms with Crippen LogP contribution in [0.2, 0.25) is 0 Å². The molecule has 0 amide bonds. The molecule has 8 nitrogen and oxygen atoms in total. The molecule has 0 aliphatic carbocycles. The van der Waals surface area contributed by atoms with Gasteiger partial charge in [0.1, 0.15) is 11.6 Å². The number of ether oxygens (including phenoxy) is 1. The quantitative estimate of drug-likeness (QED) is 0.298. The van der Waals surface area contributed by atoms with Gasteiger partial charge in [0.05, 0.1) is 39.8 Å². The first kappa shape index (κ1) is 22.7. The summed E-state index contributed by atoms with van der Waals surface area (Å²) in [6.07, 6.45) is -1.11. The number of carbonyl (C=O) groups is 1. The molecule has 0 spiro atoms. The van der Waals surface area contributed by atoms with E-state index in [9.17, 15) is 18.0 Å². The molecule has 12 heteroatoms. The lowest BCUT2D eigenvalue weighted by Gasteiger charge is -2.13. The van der Waals surface area contributed by atoms with Gasteiger partial charge in [0.25, 0.3) is 5.71 Å². The normalized spacial score (nSPS) is 11.8. The molecule has 4 aromatic heterocycles. The Hall–Kier alpha value is -4.06. The number of rotatable bonds is 5. The van der Waals surface area contributed by atoms with Crippen molar-refractivity contribution in [2.45, 2.75) is 19.7 Å². The monoisotopic (exact) mass is 499 g/mol. The second-order valence-electron chi connectivity index (χ2n) is 7.67. The van der Waals surface area contributed by atoms with E-state index in [1.165, 1.54) is 35.6 Å². The first-order chi connectivity index (χ1) is 16.7. The van der Waals surface area contributed by atoms with Crippen molar-refractivity contribution in [1.82, 2.24) is 24.9 Å². The highest BCUT2D eigenvalue weighted by Gasteiger charge is 2.34. The maximum Gasteiger partial charge on any atom is 0.417 e. The van der Waals surface area contributed by atoms with E-state index in [4.69, 9.17) is 9.26 Å². The van der Waals surface area contributed by atoms with E-state index in [1.54, 1.807) is 30.2 Å². The predicted molar refractivity (Wildman–Crippen MR) is 120 cm³/mol. The highest BCUT2D eigenvalue weighted by Crippen LogP contribution is 2.37. The van der Waals surface area contributed by atoms with Crippen molar-refractivity contribution in [1.29, 1.82) is 0 Å². The maximum absolute atomic E-state index is 13.6. The van der Waals surface area contributed by atoms with Gasteiger partial charge in [-0.15, -0.1) is 11.3 Å². The number of hydrogen-bond acceptors (Lipinski definition) is 8. The Balaban J connectivity index is 1.47. The summed E-state index contributed by atoms with van der Waals surface area (Å²) in [6.45, 7) is 1.48. The molecule has 0 fully saturated rings. The molecule has 0 unspecified atom stereocenters. The van der Waals surface area contributed by atoms with Gasteiger partial charge in [-0.25, -0.2) is 14.8 Å². The van der Waals surface area contributed by atoms with E-state index in [-0.39, 0.29) is 34.5 Å². The third-order valence-corrected chi connectivity index (χ3v) is 6.14. The second kappa shape index (κ2) is 8.62. The van der Waals surface area contributed by atoms with Crippen LogP contribution in [0.15, 0.2) is 52.6 Å². The van der Waals surface area contributed by atoms with E-state index in [0.717, 1.165) is 16.6 Å². The number of halogens is 3. The molecule has 5 aromatic rings. The van der Waals surface area contributed by atoms with Gasteiger partial charge in [-0.2, -0.15) is 18.3 Å². The van der Waals surface area contributed by atoms with Gasteiger partial charge in [0.15, 0.2) is 0 Å². The van der Waals surface area contributed by atoms with Gasteiger partial charge in [-0.3, -0.25) is 4.68 Å². The lowest BCUT2D eigenvalue weighted by atomic mass is 10.0. The van der Waals surface area contributed by atoms with Gasteiger partial charge in [0.2, 0.25) is 0 Å². The van der Waals surface area contributed by atoms with Gasteiger partial charge >= 0.3 is 12.1 Å². The standard InChI is InChI=1S/C23H16F3N5O3S/c1-12-19-16(22(32)33-10-14-11-35-21(28-14)13-8-27-31(2)9-13)7-18(29-20(19)34-30-12)15-5-3-4-6-17(15)23(24,25)26/h3-9,11H,10H2,1-2H3. The van der Waals surface area contributed by atoms with E-state index in [0.29, 0.717) is 11.4 Å². The number of nitrogens with zero attached hydrogens (tertiary/aromatic N) is 5. The lowest BCUT2D eigenvalue weighted by Crippen LogP contribution is -2.09. The molecule has 0 saturated carbocycles. The Morgan fingerprint density at radius 1 is 1.23 bits per heavy atom. The van der Waals surface area contributed by atoms with Crippen LogP contribution >= 0.6 is 11.3 Å². The molecule has 5 rings (SSSR count). The molecule has 0 atom stereocenters. The van der Waals surface area contributed by atoms with Crippen LogP contribution < -0.4 is 0 Å². The number of aryl methyl sites for hydroxylation is 2. The highest BCUT2D eigenvalue weighted by molar-refractivity contribution is 7.13. The van der Waals surface area contributed by atoms with Crippen molar-refractivity contribution in [3.8, 4) is 21.8 Å². The number of carbonyl (C=O) groups excluding carboxylic acids is 1. The van der Waals surface area contributed by atoms with Crippen molar-refractivity contribution in [3.63, 3.8) is 0 Å². The minimum Gasteiger partial charge on any atom is -0.456 e. The summed E-state index contributed by atoms with van der Waals surface area (Å²) in [4.78, 5) is 21.7. The van der Waals surface area contributed by atoms with Gasteiger partial charge in [-0.05, 0) is 19.1 Å². The van der Waals surface area contributed by atoms with Crippen molar-refractivity contribution >= 4 is 28.4 Å². The lowest BCUT2D eigenvalue weighted by molar-refractivity contribution is -0.137. The number of esters is 1. The molecule has 0 N–H and O–H groups in total. The highest BCUT2D eigenvalue weighted by atomic mass is 32.1. The molecular formula is C23H16F3N5O3S. The summed E-state index contributed by atoms with van der Waals surface area (Å²) in [6, 6.07) is 6.24. The number of hydrogen-bond donors (Lipinski definition) is 0. The average Bonchev–Trinajstić information content (AvgIpc) is 3.56. The zero-order valence-corrected chi connectivity index (χ0v) is 19.1. The fraction of sp³-hybridized carbons (Fsp3) is 0.174. The van der Waals surface area contributed by atoms with Crippen molar-refractivity contribution in [3.05, 3.63) is 70.6 Å². The first-order valence-electron chi connectivity index (χ1n) is 10.2. The van der Waals surface area contributed by atoms with Crippen LogP contribution in [-0.4, -0.2) is 30.9 Å². The SMILES string of the molecule is Cc1noc2nc(-c3ccccc3C(F)(F)F)cc(C(=O)OCc3csc(-c4cnn(C)c4)n3)c12. The smallest absolute Gasteiger partial charge is 0.417 e. The Kier molecular flexibility index (Phi) is 5.59. The Morgan fingerprint density at radius 2 is 2.03 bits per heavy atom. The average molecular weight is 499 g/mol. The molecule has 0 radical (unpaired) electrons. The fourth-order valence-electron chi connectivity index (χ4n) is 3.60. The summed E-state index contributed by atoms with van der Waals surface area (Å²) in [5.41, 5.74) is 0.512. The minimum absolute atomic E-state index is 0.00319. The third-order valence-electron chi connectivity index (χ3n) is 5.20. The first-order valence-corrected chi connectivity index (χ1v) is 11.1. The molecule has 178 valence electrons. The van der Waals surface area contributed by atoms with Crippen LogP contribution in [-0.2, 0) is 24.6 Å². The molecule has 0 aliphatic rings. The van der Waals surface area contributed by atoms with Gasteiger partial charge in [0, 0.05) is 29.8 Å². The summed E-state index contributed by atoms with van der Waals surface area (Å²) in [5.74, 6) is -0.759. The number of pyridine rings is 1. The minimum atomic E-state index is -4.61. The Morgan fingerprint density at radius 3 is 2.77 bits per heavy atom. The third kappa shape index (κ3) is 4.39. The van der Waals surface area contributed by atoms with E-state index >= 15 is 0 Å². The summed E-state index contributed by atoms with van der Waals surface area (Å²) >= 11 is 1.38. The van der Waals surface area contributed by atoms with Crippen molar-refractivity contribution < 1.29 is 27.2 Å². The van der Waals surface area contributed by atoms with Crippen LogP contribution in [0.1, 0.15) is 27.3 Å². The Labute approximate surface area is 200 Å². The molecular weight excluding hydrogens is 483 g/mol. The van der Waals surface area contributed by atoms with Crippen LogP contribution in [0.5, 0.6) is 0 Å². The van der Waals surface area contributed by atoms with Crippen molar-refractivity contribution in [2.24, 2.45) is 7.05 Å². The summed E-state index contributed by atoms with van der Waals surface area (Å²) in [7, 11) is 1.79. The van der Waals surface area contributed by atoms with Gasteiger partial charge in [-0.1, -0.05) is 23.4 Å². The second-order valence-corrected chi connectivity index (χ2v) is 8.53. The van der Waals surface area contributed by atoms with Gasteiger partial charge < -0.3 is 9.26 Å². The topological polar surface area (TPSA) is 95.9 Å². The maximum atomic E-state index is 13.6. The zero-order valence-electron chi connectivity index (χ0n) is 18.3. The molecule has 4 heterocycles. The molecule has 0 saturated heterocycles. The molecule has 0 bridgehead atoms. The van der Waals surface area contributed by atoms with E-state index < -0.39 is 17.7 Å². The predicted octanol–water partition coefficient (Wildman–Crippen LogP) is 5.43. The van der Waals surface area contributed by atoms with Crippen LogP contribution in [0.3, 0.4) is 0 Å². The summed E-state index contributed by atoms with van der Waals surface area (Å²) in [5, 5.41) is 10.7. The summed E-state index contributed by atoms with van der Waals surface area (Å²) < 4.78 is 53.0. The zero-order chi connectivity index (χ0) is 24.7. The molecule has 1 aromatic carbocycles. The molecule has 35 heavy (non-hydrogen) atoms. The van der Waals surface area contributed by atoms with E-state index in [2.05, 4.69) is 20.2 Å². The number of fused-ring (bicyclic) bond motifs is 1. The Bertz CT molecular complexity index is 1550. The van der Waals surface area contributed by atoms with Crippen LogP contribution in [0.25, 0.3) is 32.9 Å². The largest absolute Gasteiger partial charge is 0.456 e. The van der Waals surface area contributed by atoms with Crippen LogP contribution in [0, 0.1) is 6.92 Å². The molecule has 0 aliphatic heterocycles. The number of thiazole rings is 1. The number of aromatic nitrogens is 5. The number of alkyl halides is 3. The van der Waals surface area contributed by atoms with Crippen molar-refractivity contribution in [2.75, 3.05) is 0 Å². The van der Waals surface area contributed by atoms with E-state index in [1.807, 2.05) is 6.20 Å².